The summed E-state index contributed by atoms with van der Waals surface area (Å²) in [6.45, 7) is 0.597. The number of Topliss-reactive ketones (excluding diaryl/α,β-unsaturated/α-hetero) is 1. The van der Waals surface area contributed by atoms with Crippen molar-refractivity contribution in [2.24, 2.45) is 0 Å². The van der Waals surface area contributed by atoms with Gasteiger partial charge in [-0.05, 0) is 11.6 Å². The van der Waals surface area contributed by atoms with E-state index in [1.165, 1.54) is 12.1 Å². The van der Waals surface area contributed by atoms with Crippen LogP contribution in [-0.2, 0) is 11.2 Å². The fourth-order valence-electron chi connectivity index (χ4n) is 1.43. The van der Waals surface area contributed by atoms with Gasteiger partial charge in [-0.25, -0.2) is 4.79 Å². The fraction of sp³-hybridized carbons (Fsp3) is 0.200. The van der Waals surface area contributed by atoms with Gasteiger partial charge in [-0.1, -0.05) is 12.1 Å². The Morgan fingerprint density at radius 2 is 2.14 bits per heavy atom. The van der Waals surface area contributed by atoms with Crippen LogP contribution >= 0.6 is 0 Å². The van der Waals surface area contributed by atoms with Crippen LogP contribution in [0.4, 0.5) is 0 Å². The molecular formula is C10H8O4. The molecule has 14 heavy (non-hydrogen) atoms. The molecule has 0 radical (unpaired) electrons. The summed E-state index contributed by atoms with van der Waals surface area (Å²) < 4.78 is 5.22. The van der Waals surface area contributed by atoms with Crippen LogP contribution in [0.2, 0.25) is 0 Å². The van der Waals surface area contributed by atoms with Crippen LogP contribution in [0.3, 0.4) is 0 Å². The van der Waals surface area contributed by atoms with Crippen molar-refractivity contribution in [1.29, 1.82) is 0 Å². The minimum absolute atomic E-state index is 0.165. The molecule has 1 aromatic rings. The van der Waals surface area contributed by atoms with Gasteiger partial charge in [0.2, 0.25) is 0 Å². The van der Waals surface area contributed by atoms with Crippen LogP contribution in [0.1, 0.15) is 15.9 Å². The number of rotatable bonds is 2. The molecule has 4 nitrogen and oxygen atoms in total. The predicted octanol–water partition coefficient (Wildman–Crippen LogP) is 0.889. The number of hydrogen-bond acceptors (Lipinski definition) is 3. The summed E-state index contributed by atoms with van der Waals surface area (Å²) in [6.07, 6.45) is 0.816. The Kier molecular flexibility index (Phi) is 1.96. The molecule has 0 amide bonds. The molecule has 0 aromatic heterocycles. The third-order valence-corrected chi connectivity index (χ3v) is 2.15. The molecule has 0 saturated carbocycles. The van der Waals surface area contributed by atoms with Gasteiger partial charge in [0.15, 0.2) is 0 Å². The molecule has 0 bridgehead atoms. The van der Waals surface area contributed by atoms with Crippen LogP contribution in [0.25, 0.3) is 0 Å². The van der Waals surface area contributed by atoms with Crippen LogP contribution < -0.4 is 4.74 Å². The van der Waals surface area contributed by atoms with Gasteiger partial charge < -0.3 is 9.84 Å². The smallest absolute Gasteiger partial charge is 0.377 e. The third kappa shape index (κ3) is 1.35. The number of benzene rings is 1. The zero-order chi connectivity index (χ0) is 10.1. The first-order chi connectivity index (χ1) is 6.68. The van der Waals surface area contributed by atoms with Gasteiger partial charge in [0, 0.05) is 12.0 Å². The van der Waals surface area contributed by atoms with Crippen molar-refractivity contribution in [2.75, 3.05) is 6.61 Å². The second-order valence-corrected chi connectivity index (χ2v) is 3.06. The molecule has 72 valence electrons. The van der Waals surface area contributed by atoms with E-state index in [0.29, 0.717) is 12.4 Å². The highest BCUT2D eigenvalue weighted by Crippen LogP contribution is 2.26. The molecule has 1 aliphatic heterocycles. The predicted molar refractivity (Wildman–Crippen MR) is 47.6 cm³/mol. The highest BCUT2D eigenvalue weighted by Gasteiger charge is 2.18. The average Bonchev–Trinajstić information content (AvgIpc) is 2.62. The van der Waals surface area contributed by atoms with E-state index in [1.54, 1.807) is 6.07 Å². The second-order valence-electron chi connectivity index (χ2n) is 3.06. The van der Waals surface area contributed by atoms with E-state index in [2.05, 4.69) is 0 Å². The first-order valence-electron chi connectivity index (χ1n) is 4.22. The van der Waals surface area contributed by atoms with Crippen molar-refractivity contribution in [3.63, 3.8) is 0 Å². The summed E-state index contributed by atoms with van der Waals surface area (Å²) in [7, 11) is 0. The maximum absolute atomic E-state index is 11.1. The Bertz CT molecular complexity index is 409. The van der Waals surface area contributed by atoms with E-state index in [9.17, 15) is 9.59 Å². The fourth-order valence-corrected chi connectivity index (χ4v) is 1.43. The lowest BCUT2D eigenvalue weighted by Gasteiger charge is -2.00. The maximum atomic E-state index is 11.1. The Labute approximate surface area is 80.1 Å². The standard InChI is InChI=1S/C10H8O4/c11-9(10(12)13)7-2-1-6-3-4-14-8(6)5-7/h1-2,5H,3-4H2,(H,12,13). The molecule has 4 heteroatoms. The van der Waals surface area contributed by atoms with Crippen LogP contribution in [0.5, 0.6) is 5.75 Å². The molecule has 0 atom stereocenters. The Morgan fingerprint density at radius 1 is 1.36 bits per heavy atom. The van der Waals surface area contributed by atoms with Gasteiger partial charge in [-0.2, -0.15) is 0 Å². The lowest BCUT2D eigenvalue weighted by molar-refractivity contribution is -0.131. The number of carbonyl (C=O) groups excluding carboxylic acids is 1. The number of carboxylic acid groups (broad SMARTS) is 1. The largest absolute Gasteiger partial charge is 0.493 e. The van der Waals surface area contributed by atoms with Crippen LogP contribution in [0, 0.1) is 0 Å². The van der Waals surface area contributed by atoms with Gasteiger partial charge in [0.25, 0.3) is 5.78 Å². The van der Waals surface area contributed by atoms with Gasteiger partial charge in [-0.15, -0.1) is 0 Å². The van der Waals surface area contributed by atoms with E-state index in [1.807, 2.05) is 0 Å². The van der Waals surface area contributed by atoms with E-state index < -0.39 is 11.8 Å². The summed E-state index contributed by atoms with van der Waals surface area (Å²) in [5.41, 5.74) is 1.19. The van der Waals surface area contributed by atoms with Crippen molar-refractivity contribution in [3.05, 3.63) is 29.3 Å². The minimum atomic E-state index is -1.44. The topological polar surface area (TPSA) is 63.6 Å². The lowest BCUT2D eigenvalue weighted by atomic mass is 10.1. The maximum Gasteiger partial charge on any atom is 0.377 e. The minimum Gasteiger partial charge on any atom is -0.493 e. The molecule has 1 heterocycles. The third-order valence-electron chi connectivity index (χ3n) is 2.15. The van der Waals surface area contributed by atoms with Crippen LogP contribution in [-0.4, -0.2) is 23.5 Å². The number of ketones is 1. The summed E-state index contributed by atoms with van der Waals surface area (Å²) in [5, 5.41) is 8.49. The second kappa shape index (κ2) is 3.14. The van der Waals surface area contributed by atoms with E-state index in [0.717, 1.165) is 12.0 Å². The number of aliphatic carboxylic acids is 1. The Hall–Kier alpha value is -1.84. The van der Waals surface area contributed by atoms with Gasteiger partial charge >= 0.3 is 5.97 Å². The highest BCUT2D eigenvalue weighted by molar-refractivity contribution is 6.39. The number of ether oxygens (including phenoxy) is 1. The first-order valence-corrected chi connectivity index (χ1v) is 4.22. The van der Waals surface area contributed by atoms with Crippen molar-refractivity contribution in [2.45, 2.75) is 6.42 Å². The molecule has 0 unspecified atom stereocenters. The van der Waals surface area contributed by atoms with Crippen LogP contribution in [0.15, 0.2) is 18.2 Å². The summed E-state index contributed by atoms with van der Waals surface area (Å²) >= 11 is 0. The van der Waals surface area contributed by atoms with Gasteiger partial charge in [0.1, 0.15) is 5.75 Å². The molecule has 1 aromatic carbocycles. The molecule has 0 saturated heterocycles. The van der Waals surface area contributed by atoms with Crippen molar-refractivity contribution >= 4 is 11.8 Å². The summed E-state index contributed by atoms with van der Waals surface area (Å²) in [4.78, 5) is 21.5. The molecule has 2 rings (SSSR count). The average molecular weight is 192 g/mol. The van der Waals surface area contributed by atoms with Crippen molar-refractivity contribution in [3.8, 4) is 5.75 Å². The molecule has 1 N–H and O–H groups in total. The summed E-state index contributed by atoms with van der Waals surface area (Å²) in [5.74, 6) is -1.72. The van der Waals surface area contributed by atoms with Gasteiger partial charge in [0.05, 0.1) is 6.61 Å². The van der Waals surface area contributed by atoms with E-state index >= 15 is 0 Å². The monoisotopic (exact) mass is 192 g/mol. The number of carboxylic acids is 1. The normalized spacial score (nSPS) is 13.1. The van der Waals surface area contributed by atoms with E-state index in [-0.39, 0.29) is 5.56 Å². The molecule has 0 fully saturated rings. The zero-order valence-corrected chi connectivity index (χ0v) is 7.32. The SMILES string of the molecule is O=C(O)C(=O)c1ccc2c(c1)OCC2. The Morgan fingerprint density at radius 3 is 2.86 bits per heavy atom. The zero-order valence-electron chi connectivity index (χ0n) is 7.32. The van der Waals surface area contributed by atoms with Crippen molar-refractivity contribution < 1.29 is 19.4 Å². The lowest BCUT2D eigenvalue weighted by Crippen LogP contribution is -2.12. The Balaban J connectivity index is 2.38. The molecular weight excluding hydrogens is 184 g/mol. The van der Waals surface area contributed by atoms with Crippen molar-refractivity contribution in [1.82, 2.24) is 0 Å². The number of carbonyl (C=O) groups is 2. The molecule has 0 aliphatic carbocycles. The van der Waals surface area contributed by atoms with E-state index in [4.69, 9.17) is 9.84 Å². The quantitative estimate of drug-likeness (QED) is 0.558. The highest BCUT2D eigenvalue weighted by atomic mass is 16.5. The molecule has 1 aliphatic rings. The van der Waals surface area contributed by atoms with Gasteiger partial charge in [-0.3, -0.25) is 4.79 Å². The molecule has 0 spiro atoms. The summed E-state index contributed by atoms with van der Waals surface area (Å²) in [6, 6.07) is 4.74. The first kappa shape index (κ1) is 8.74. The number of fused-ring (bicyclic) bond motifs is 1. The number of hydrogen-bond donors (Lipinski definition) is 1.